The van der Waals surface area contributed by atoms with Crippen molar-refractivity contribution in [2.75, 3.05) is 46.6 Å². The first-order valence-electron chi connectivity index (χ1n) is 8.06. The molecule has 8 heteroatoms. The van der Waals surface area contributed by atoms with Gasteiger partial charge in [-0.1, -0.05) is 0 Å². The highest BCUT2D eigenvalue weighted by Crippen LogP contribution is 2.29. The average molecular weight is 353 g/mol. The van der Waals surface area contributed by atoms with Crippen molar-refractivity contribution < 1.29 is 33.6 Å². The Kier molecular flexibility index (Phi) is 7.03. The summed E-state index contributed by atoms with van der Waals surface area (Å²) in [4.78, 5) is 25.1. The Labute approximate surface area is 146 Å². The Balaban J connectivity index is 2.13. The molecule has 1 fully saturated rings. The lowest BCUT2D eigenvalue weighted by Crippen LogP contribution is -2.47. The van der Waals surface area contributed by atoms with Crippen LogP contribution >= 0.6 is 0 Å². The third-order valence-corrected chi connectivity index (χ3v) is 3.62. The Hall–Kier alpha value is -2.32. The van der Waals surface area contributed by atoms with Crippen molar-refractivity contribution >= 4 is 11.9 Å². The largest absolute Gasteiger partial charge is 0.490 e. The molecule has 1 unspecified atom stereocenters. The molecule has 0 spiro atoms. The van der Waals surface area contributed by atoms with Gasteiger partial charge < -0.3 is 29.0 Å². The van der Waals surface area contributed by atoms with Crippen LogP contribution in [0.15, 0.2) is 18.2 Å². The van der Waals surface area contributed by atoms with Crippen LogP contribution in [-0.4, -0.2) is 74.6 Å². The third kappa shape index (κ3) is 5.33. The normalized spacial score (nSPS) is 17.2. The van der Waals surface area contributed by atoms with Crippen molar-refractivity contribution in [2.24, 2.45) is 0 Å². The number of carbonyl (C=O) groups is 2. The maximum atomic E-state index is 12.7. The number of carbonyl (C=O) groups excluding carboxylic acids is 1. The van der Waals surface area contributed by atoms with Crippen LogP contribution in [0.2, 0.25) is 0 Å². The Morgan fingerprint density at radius 3 is 2.80 bits per heavy atom. The van der Waals surface area contributed by atoms with Crippen LogP contribution < -0.4 is 9.47 Å². The van der Waals surface area contributed by atoms with E-state index < -0.39 is 12.6 Å². The summed E-state index contributed by atoms with van der Waals surface area (Å²) < 4.78 is 21.3. The lowest BCUT2D eigenvalue weighted by atomic mass is 10.1. The summed E-state index contributed by atoms with van der Waals surface area (Å²) in [6, 6.07) is 4.72. The lowest BCUT2D eigenvalue weighted by molar-refractivity contribution is -0.139. The molecule has 138 valence electrons. The van der Waals surface area contributed by atoms with Crippen molar-refractivity contribution in [3.05, 3.63) is 23.8 Å². The molecule has 1 saturated heterocycles. The van der Waals surface area contributed by atoms with E-state index in [9.17, 15) is 9.59 Å². The summed E-state index contributed by atoms with van der Waals surface area (Å²) in [5.41, 5.74) is 0.448. The van der Waals surface area contributed by atoms with Gasteiger partial charge in [0.25, 0.3) is 5.91 Å². The van der Waals surface area contributed by atoms with Crippen molar-refractivity contribution in [3.8, 4) is 11.5 Å². The van der Waals surface area contributed by atoms with Gasteiger partial charge >= 0.3 is 5.97 Å². The molecule has 0 aliphatic carbocycles. The molecule has 1 aromatic rings. The van der Waals surface area contributed by atoms with Crippen LogP contribution in [0.3, 0.4) is 0 Å². The fourth-order valence-electron chi connectivity index (χ4n) is 2.54. The number of carboxylic acid groups (broad SMARTS) is 1. The zero-order chi connectivity index (χ0) is 18.2. The van der Waals surface area contributed by atoms with Crippen LogP contribution in [0, 0.1) is 0 Å². The highest BCUT2D eigenvalue weighted by molar-refractivity contribution is 5.95. The second kappa shape index (κ2) is 9.24. The lowest BCUT2D eigenvalue weighted by Gasteiger charge is -2.32. The molecular weight excluding hydrogens is 330 g/mol. The van der Waals surface area contributed by atoms with Crippen LogP contribution in [-0.2, 0) is 14.3 Å². The third-order valence-electron chi connectivity index (χ3n) is 3.62. The van der Waals surface area contributed by atoms with E-state index >= 15 is 0 Å². The highest BCUT2D eigenvalue weighted by atomic mass is 16.5. The SMILES string of the molecule is CCOc1cc(C(=O)N2CCOC(COC)C2)ccc1OCC(=O)O. The van der Waals surface area contributed by atoms with Crippen LogP contribution in [0.1, 0.15) is 17.3 Å². The fourth-order valence-corrected chi connectivity index (χ4v) is 2.54. The molecule has 1 atom stereocenters. The maximum Gasteiger partial charge on any atom is 0.341 e. The van der Waals surface area contributed by atoms with E-state index in [4.69, 9.17) is 24.1 Å². The van der Waals surface area contributed by atoms with E-state index in [1.807, 2.05) is 0 Å². The molecule has 0 bridgehead atoms. The number of benzene rings is 1. The van der Waals surface area contributed by atoms with E-state index in [1.54, 1.807) is 37.1 Å². The van der Waals surface area contributed by atoms with E-state index in [0.717, 1.165) is 0 Å². The van der Waals surface area contributed by atoms with Crippen LogP contribution in [0.5, 0.6) is 11.5 Å². The first-order valence-corrected chi connectivity index (χ1v) is 8.06. The molecule has 25 heavy (non-hydrogen) atoms. The molecule has 1 heterocycles. The molecule has 0 saturated carbocycles. The molecule has 1 aliphatic rings. The fraction of sp³-hybridized carbons (Fsp3) is 0.529. The Morgan fingerprint density at radius 2 is 2.12 bits per heavy atom. The number of aliphatic carboxylic acids is 1. The maximum absolute atomic E-state index is 12.7. The summed E-state index contributed by atoms with van der Waals surface area (Å²) in [5, 5.41) is 8.73. The minimum atomic E-state index is -1.08. The van der Waals surface area contributed by atoms with Gasteiger partial charge in [-0.15, -0.1) is 0 Å². The number of carboxylic acids is 1. The summed E-state index contributed by atoms with van der Waals surface area (Å²) in [6.07, 6.45) is -0.146. The van der Waals surface area contributed by atoms with Crippen molar-refractivity contribution in [1.29, 1.82) is 0 Å². The zero-order valence-corrected chi connectivity index (χ0v) is 14.4. The van der Waals surface area contributed by atoms with E-state index in [-0.39, 0.29) is 12.0 Å². The van der Waals surface area contributed by atoms with Crippen molar-refractivity contribution in [2.45, 2.75) is 13.0 Å². The standard InChI is InChI=1S/C17H23NO7/c1-3-23-15-8-12(4-5-14(15)25-11-16(19)20)17(21)18-6-7-24-13(9-18)10-22-2/h4-5,8,13H,3,6-7,9-11H2,1-2H3,(H,19,20). The second-order valence-electron chi connectivity index (χ2n) is 5.48. The molecule has 8 nitrogen and oxygen atoms in total. The van der Waals surface area contributed by atoms with E-state index in [0.29, 0.717) is 50.0 Å². The van der Waals surface area contributed by atoms with E-state index in [1.165, 1.54) is 0 Å². The van der Waals surface area contributed by atoms with Gasteiger partial charge in [-0.2, -0.15) is 0 Å². The predicted molar refractivity (Wildman–Crippen MR) is 88.3 cm³/mol. The van der Waals surface area contributed by atoms with E-state index in [2.05, 4.69) is 0 Å². The van der Waals surface area contributed by atoms with Gasteiger partial charge in [-0.05, 0) is 25.1 Å². The quantitative estimate of drug-likeness (QED) is 0.746. The second-order valence-corrected chi connectivity index (χ2v) is 5.48. The van der Waals surface area contributed by atoms with Crippen molar-refractivity contribution in [3.63, 3.8) is 0 Å². The number of amides is 1. The molecule has 2 rings (SSSR count). The average Bonchev–Trinajstić information content (AvgIpc) is 2.60. The van der Waals surface area contributed by atoms with Gasteiger partial charge in [0.05, 0.1) is 25.9 Å². The summed E-state index contributed by atoms with van der Waals surface area (Å²) in [6.45, 7) is 3.53. The minimum absolute atomic E-state index is 0.143. The van der Waals surface area contributed by atoms with Gasteiger partial charge in [0.15, 0.2) is 18.1 Å². The zero-order valence-electron chi connectivity index (χ0n) is 14.4. The summed E-state index contributed by atoms with van der Waals surface area (Å²) in [5.74, 6) is -0.591. The Morgan fingerprint density at radius 1 is 1.32 bits per heavy atom. The molecule has 1 aromatic carbocycles. The van der Waals surface area contributed by atoms with Gasteiger partial charge in [0.2, 0.25) is 0 Å². The highest BCUT2D eigenvalue weighted by Gasteiger charge is 2.25. The predicted octanol–water partition coefficient (Wildman–Crippen LogP) is 1.04. The molecule has 1 amide bonds. The number of ether oxygens (including phenoxy) is 4. The van der Waals surface area contributed by atoms with Crippen LogP contribution in [0.25, 0.3) is 0 Å². The molecular formula is C17H23NO7. The van der Waals surface area contributed by atoms with Crippen LogP contribution in [0.4, 0.5) is 0 Å². The number of morpholine rings is 1. The van der Waals surface area contributed by atoms with Crippen molar-refractivity contribution in [1.82, 2.24) is 4.90 Å². The first kappa shape index (κ1) is 19.0. The first-order chi connectivity index (χ1) is 12.0. The minimum Gasteiger partial charge on any atom is -0.490 e. The molecule has 0 aromatic heterocycles. The number of hydrogen-bond donors (Lipinski definition) is 1. The molecule has 1 aliphatic heterocycles. The van der Waals surface area contributed by atoms with Gasteiger partial charge in [0, 0.05) is 25.8 Å². The monoisotopic (exact) mass is 353 g/mol. The number of methoxy groups -OCH3 is 1. The summed E-state index contributed by atoms with van der Waals surface area (Å²) in [7, 11) is 1.59. The topological polar surface area (TPSA) is 94.5 Å². The number of nitrogens with zero attached hydrogens (tertiary/aromatic N) is 1. The Bertz CT molecular complexity index is 603. The summed E-state index contributed by atoms with van der Waals surface area (Å²) >= 11 is 0. The van der Waals surface area contributed by atoms with Gasteiger partial charge in [0.1, 0.15) is 0 Å². The number of rotatable bonds is 8. The molecule has 0 radical (unpaired) electrons. The smallest absolute Gasteiger partial charge is 0.341 e. The van der Waals surface area contributed by atoms with Gasteiger partial charge in [-0.25, -0.2) is 4.79 Å². The molecule has 1 N–H and O–H groups in total. The van der Waals surface area contributed by atoms with Gasteiger partial charge in [-0.3, -0.25) is 4.79 Å². The number of hydrogen-bond acceptors (Lipinski definition) is 6.